The third-order valence-electron chi connectivity index (χ3n) is 2.73. The number of hydrogen-bond donors (Lipinski definition) is 1. The van der Waals surface area contributed by atoms with Gasteiger partial charge in [-0.05, 0) is 42.0 Å². The Morgan fingerprint density at radius 3 is 2.59 bits per heavy atom. The molecule has 6 heteroatoms. The zero-order valence-corrected chi connectivity index (χ0v) is 15.0. The van der Waals surface area contributed by atoms with Crippen molar-refractivity contribution < 1.29 is 9.53 Å². The molecule has 0 aliphatic heterocycles. The molecule has 22 heavy (non-hydrogen) atoms. The third kappa shape index (κ3) is 5.27. The van der Waals surface area contributed by atoms with Crippen molar-refractivity contribution in [2.45, 2.75) is 13.5 Å². The van der Waals surface area contributed by atoms with E-state index in [1.165, 1.54) is 6.92 Å². The molecular weight excluding hydrogens is 412 g/mol. The molecule has 1 amide bonds. The van der Waals surface area contributed by atoms with E-state index in [-0.39, 0.29) is 5.91 Å². The molecule has 0 aliphatic rings. The van der Waals surface area contributed by atoms with Crippen LogP contribution in [0.1, 0.15) is 18.1 Å². The molecule has 0 heterocycles. The molecule has 2 rings (SSSR count). The lowest BCUT2D eigenvalue weighted by atomic mass is 10.2. The highest BCUT2D eigenvalue weighted by Crippen LogP contribution is 2.23. The Bertz CT molecular complexity index is 685. The van der Waals surface area contributed by atoms with Crippen LogP contribution in [-0.4, -0.2) is 12.1 Å². The van der Waals surface area contributed by atoms with Crippen molar-refractivity contribution in [1.29, 1.82) is 0 Å². The van der Waals surface area contributed by atoms with Gasteiger partial charge < -0.3 is 4.74 Å². The van der Waals surface area contributed by atoms with Crippen LogP contribution >= 0.6 is 31.9 Å². The summed E-state index contributed by atoms with van der Waals surface area (Å²) in [6.45, 7) is 1.89. The maximum atomic E-state index is 10.7. The molecule has 0 radical (unpaired) electrons. The van der Waals surface area contributed by atoms with Crippen LogP contribution in [0.25, 0.3) is 0 Å². The van der Waals surface area contributed by atoms with Crippen molar-refractivity contribution in [2.75, 3.05) is 0 Å². The summed E-state index contributed by atoms with van der Waals surface area (Å²) in [5, 5.41) is 3.81. The van der Waals surface area contributed by atoms with E-state index in [4.69, 9.17) is 4.74 Å². The second kappa shape index (κ2) is 8.10. The molecule has 0 saturated heterocycles. The van der Waals surface area contributed by atoms with Crippen LogP contribution in [0.5, 0.6) is 5.75 Å². The lowest BCUT2D eigenvalue weighted by Gasteiger charge is -2.08. The molecule has 0 spiro atoms. The van der Waals surface area contributed by atoms with Crippen LogP contribution in [0.3, 0.4) is 0 Å². The third-order valence-corrected chi connectivity index (χ3v) is 3.96. The second-order valence-corrected chi connectivity index (χ2v) is 6.29. The number of hydrogen-bond acceptors (Lipinski definition) is 3. The monoisotopic (exact) mass is 424 g/mol. The van der Waals surface area contributed by atoms with Gasteiger partial charge in [0, 0.05) is 21.4 Å². The minimum Gasteiger partial charge on any atom is -0.489 e. The van der Waals surface area contributed by atoms with E-state index in [0.29, 0.717) is 6.61 Å². The topological polar surface area (TPSA) is 50.7 Å². The molecule has 0 unspecified atom stereocenters. The maximum absolute atomic E-state index is 10.7. The second-order valence-electron chi connectivity index (χ2n) is 4.52. The largest absolute Gasteiger partial charge is 0.489 e. The van der Waals surface area contributed by atoms with Gasteiger partial charge in [-0.2, -0.15) is 5.10 Å². The predicted octanol–water partition coefficient (Wildman–Crippen LogP) is 4.26. The van der Waals surface area contributed by atoms with E-state index < -0.39 is 0 Å². The summed E-state index contributed by atoms with van der Waals surface area (Å²) in [6.07, 6.45) is 1.58. The number of nitrogens with zero attached hydrogens (tertiary/aromatic N) is 1. The molecule has 1 N–H and O–H groups in total. The highest BCUT2D eigenvalue weighted by Gasteiger charge is 2.02. The fourth-order valence-corrected chi connectivity index (χ4v) is 2.81. The van der Waals surface area contributed by atoms with Gasteiger partial charge in [0.2, 0.25) is 5.91 Å². The van der Waals surface area contributed by atoms with Crippen molar-refractivity contribution in [3.63, 3.8) is 0 Å². The number of hydrazone groups is 1. The first-order chi connectivity index (χ1) is 10.5. The normalized spacial score (nSPS) is 10.7. The first-order valence-electron chi connectivity index (χ1n) is 6.51. The number of nitrogens with one attached hydrogen (secondary N) is 1. The van der Waals surface area contributed by atoms with E-state index in [1.807, 2.05) is 42.5 Å². The molecule has 0 saturated carbocycles. The van der Waals surface area contributed by atoms with Crippen LogP contribution in [-0.2, 0) is 11.4 Å². The minimum atomic E-state index is -0.198. The van der Waals surface area contributed by atoms with Crippen LogP contribution in [0.4, 0.5) is 0 Å². The maximum Gasteiger partial charge on any atom is 0.236 e. The molecule has 0 fully saturated rings. The fraction of sp³-hybridized carbons (Fsp3) is 0.125. The van der Waals surface area contributed by atoms with E-state index in [2.05, 4.69) is 42.4 Å². The lowest BCUT2D eigenvalue weighted by molar-refractivity contribution is -0.118. The zero-order valence-electron chi connectivity index (χ0n) is 11.8. The molecule has 0 aliphatic carbocycles. The first-order valence-corrected chi connectivity index (χ1v) is 8.09. The summed E-state index contributed by atoms with van der Waals surface area (Å²) in [4.78, 5) is 10.7. The highest BCUT2D eigenvalue weighted by atomic mass is 79.9. The van der Waals surface area contributed by atoms with Gasteiger partial charge in [0.25, 0.3) is 0 Å². The molecule has 0 bridgehead atoms. The van der Waals surface area contributed by atoms with Crippen LogP contribution in [0.2, 0.25) is 0 Å². The Morgan fingerprint density at radius 2 is 1.95 bits per heavy atom. The Hall–Kier alpha value is -1.66. The molecular formula is C16H14Br2N2O2. The summed E-state index contributed by atoms with van der Waals surface area (Å²) in [7, 11) is 0. The average molecular weight is 426 g/mol. The van der Waals surface area contributed by atoms with Crippen molar-refractivity contribution in [3.8, 4) is 5.75 Å². The van der Waals surface area contributed by atoms with Crippen molar-refractivity contribution >= 4 is 44.0 Å². The van der Waals surface area contributed by atoms with Gasteiger partial charge in [-0.25, -0.2) is 5.43 Å². The number of halogens is 2. The smallest absolute Gasteiger partial charge is 0.236 e. The molecule has 0 atom stereocenters. The summed E-state index contributed by atoms with van der Waals surface area (Å²) in [5.41, 5.74) is 4.31. The van der Waals surface area contributed by atoms with E-state index in [9.17, 15) is 4.79 Å². The summed E-state index contributed by atoms with van der Waals surface area (Å²) >= 11 is 6.93. The number of amides is 1. The lowest BCUT2D eigenvalue weighted by Crippen LogP contribution is -2.12. The van der Waals surface area contributed by atoms with E-state index in [0.717, 1.165) is 25.8 Å². The summed E-state index contributed by atoms with van der Waals surface area (Å²) in [5.74, 6) is 0.572. The van der Waals surface area contributed by atoms with Crippen LogP contribution in [0.15, 0.2) is 56.5 Å². The quantitative estimate of drug-likeness (QED) is 0.574. The Kier molecular flexibility index (Phi) is 6.15. The molecule has 4 nitrogen and oxygen atoms in total. The Balaban J connectivity index is 1.93. The van der Waals surface area contributed by atoms with Gasteiger partial charge in [-0.15, -0.1) is 0 Å². The number of carbonyl (C=O) groups excluding carboxylic acids is 1. The van der Waals surface area contributed by atoms with E-state index in [1.54, 1.807) is 6.21 Å². The highest BCUT2D eigenvalue weighted by molar-refractivity contribution is 9.11. The Morgan fingerprint density at radius 1 is 1.23 bits per heavy atom. The van der Waals surface area contributed by atoms with Gasteiger partial charge in [-0.3, -0.25) is 4.79 Å². The zero-order chi connectivity index (χ0) is 15.9. The van der Waals surface area contributed by atoms with Gasteiger partial charge in [0.1, 0.15) is 12.4 Å². The van der Waals surface area contributed by atoms with E-state index >= 15 is 0 Å². The van der Waals surface area contributed by atoms with Crippen molar-refractivity contribution in [2.24, 2.45) is 5.10 Å². The van der Waals surface area contributed by atoms with Gasteiger partial charge >= 0.3 is 0 Å². The number of benzene rings is 2. The first kappa shape index (κ1) is 16.7. The van der Waals surface area contributed by atoms with Gasteiger partial charge in [0.15, 0.2) is 0 Å². The van der Waals surface area contributed by atoms with Crippen molar-refractivity contribution in [3.05, 3.63) is 62.5 Å². The number of rotatable bonds is 5. The summed E-state index contributed by atoms with van der Waals surface area (Å²) < 4.78 is 7.77. The number of ether oxygens (including phenoxy) is 1. The summed E-state index contributed by atoms with van der Waals surface area (Å²) in [6, 6.07) is 13.4. The average Bonchev–Trinajstić information content (AvgIpc) is 2.47. The number of carbonyl (C=O) groups is 1. The standard InChI is InChI=1S/C16H14Br2N2O2/c1-11(21)20-19-9-12-2-6-15(7-3-12)22-10-13-4-5-14(17)8-16(13)18/h2-9H,10H2,1H3,(H,20,21)/b19-9-. The van der Waals surface area contributed by atoms with Crippen LogP contribution in [0, 0.1) is 0 Å². The molecule has 2 aromatic carbocycles. The van der Waals surface area contributed by atoms with Gasteiger partial charge in [-0.1, -0.05) is 37.9 Å². The Labute approximate surface area is 145 Å². The fourth-order valence-electron chi connectivity index (χ4n) is 1.65. The molecule has 2 aromatic rings. The predicted molar refractivity (Wildman–Crippen MR) is 94.0 cm³/mol. The van der Waals surface area contributed by atoms with Gasteiger partial charge in [0.05, 0.1) is 6.21 Å². The van der Waals surface area contributed by atoms with Crippen molar-refractivity contribution in [1.82, 2.24) is 5.43 Å². The van der Waals surface area contributed by atoms with Crippen LogP contribution < -0.4 is 10.2 Å². The molecule has 0 aromatic heterocycles. The SMILES string of the molecule is CC(=O)N/N=C\c1ccc(OCc2ccc(Br)cc2Br)cc1. The molecule has 114 valence electrons. The minimum absolute atomic E-state index is 0.198.